The first-order valence-electron chi connectivity index (χ1n) is 9.54. The highest BCUT2D eigenvalue weighted by Crippen LogP contribution is 2.39. The molecular weight excluding hydrogens is 373 g/mol. The van der Waals surface area contributed by atoms with Gasteiger partial charge < -0.3 is 19.9 Å². The maximum Gasteiger partial charge on any atom is 0.317 e. The molecule has 5 rings (SSSR count). The van der Waals surface area contributed by atoms with Crippen LogP contribution in [0.5, 0.6) is 5.75 Å². The van der Waals surface area contributed by atoms with Crippen molar-refractivity contribution in [3.8, 4) is 5.75 Å². The van der Waals surface area contributed by atoms with E-state index in [0.717, 1.165) is 22.2 Å². The van der Waals surface area contributed by atoms with Gasteiger partial charge in [-0.3, -0.25) is 4.79 Å². The number of urea groups is 1. The van der Waals surface area contributed by atoms with Gasteiger partial charge in [-0.1, -0.05) is 6.07 Å². The number of aromatic amines is 1. The molecule has 1 fully saturated rings. The molecule has 2 amide bonds. The van der Waals surface area contributed by atoms with Crippen molar-refractivity contribution in [3.63, 3.8) is 0 Å². The Hall–Kier alpha value is -3.35. The molecule has 6 nitrogen and oxygen atoms in total. The number of Topliss-reactive ketones (excluding diaryl/α,β-unsaturated/α-hetero) is 1. The second-order valence-corrected chi connectivity index (χ2v) is 7.91. The first-order chi connectivity index (χ1) is 13.9. The van der Waals surface area contributed by atoms with Gasteiger partial charge in [0.05, 0.1) is 25.1 Å². The van der Waals surface area contributed by atoms with E-state index in [0.29, 0.717) is 25.2 Å². The van der Waals surface area contributed by atoms with Gasteiger partial charge in [-0.15, -0.1) is 0 Å². The molecule has 2 N–H and O–H groups in total. The maximum atomic E-state index is 13.5. The minimum Gasteiger partial charge on any atom is -0.482 e. The molecule has 2 aliphatic rings. The fourth-order valence-corrected chi connectivity index (χ4v) is 4.16. The highest BCUT2D eigenvalue weighted by Gasteiger charge is 2.51. The van der Waals surface area contributed by atoms with Crippen LogP contribution in [0.4, 0.5) is 9.18 Å². The van der Waals surface area contributed by atoms with Crippen molar-refractivity contribution in [1.29, 1.82) is 0 Å². The number of rotatable bonds is 2. The third kappa shape index (κ3) is 3.12. The Kier molecular flexibility index (Phi) is 3.87. The third-order valence-electron chi connectivity index (χ3n) is 5.56. The van der Waals surface area contributed by atoms with E-state index in [4.69, 9.17) is 4.74 Å². The van der Waals surface area contributed by atoms with Crippen molar-refractivity contribution < 1.29 is 18.7 Å². The second kappa shape index (κ2) is 6.34. The Labute approximate surface area is 166 Å². The second-order valence-electron chi connectivity index (χ2n) is 7.91. The van der Waals surface area contributed by atoms with Gasteiger partial charge in [0, 0.05) is 23.8 Å². The zero-order chi connectivity index (χ0) is 20.2. The van der Waals surface area contributed by atoms with Crippen LogP contribution in [0.25, 0.3) is 10.9 Å². The Morgan fingerprint density at radius 3 is 2.90 bits per heavy atom. The summed E-state index contributed by atoms with van der Waals surface area (Å²) in [6.45, 7) is 3.02. The molecule has 0 aliphatic carbocycles. The van der Waals surface area contributed by atoms with E-state index in [-0.39, 0.29) is 24.0 Å². The Morgan fingerprint density at radius 1 is 1.24 bits per heavy atom. The molecule has 29 heavy (non-hydrogen) atoms. The highest BCUT2D eigenvalue weighted by molar-refractivity contribution is 6.00. The molecule has 3 heterocycles. The average molecular weight is 393 g/mol. The fourth-order valence-electron chi connectivity index (χ4n) is 4.16. The summed E-state index contributed by atoms with van der Waals surface area (Å²) in [6, 6.07) is 11.8. The fraction of sp³-hybridized carbons (Fsp3) is 0.273. The number of halogens is 1. The Bertz CT molecular complexity index is 1150. The molecule has 2 aromatic carbocycles. The standard InChI is InChI=1S/C22H20FN3O3/c1-13-6-15-7-14(2-5-18(15)25-13)10-24-21(28)26-11-22(12-26)9-19(27)17-4-3-16(23)8-20(17)29-22/h2-8,25H,9-12H2,1H3,(H,24,28). The zero-order valence-corrected chi connectivity index (χ0v) is 15.9. The Balaban J connectivity index is 1.21. The number of carbonyl (C=O) groups is 2. The van der Waals surface area contributed by atoms with Gasteiger partial charge in [0.15, 0.2) is 11.4 Å². The smallest absolute Gasteiger partial charge is 0.317 e. The van der Waals surface area contributed by atoms with Crippen LogP contribution < -0.4 is 10.1 Å². The molecule has 7 heteroatoms. The summed E-state index contributed by atoms with van der Waals surface area (Å²) < 4.78 is 19.4. The first kappa shape index (κ1) is 17.7. The number of benzene rings is 2. The highest BCUT2D eigenvalue weighted by atomic mass is 19.1. The topological polar surface area (TPSA) is 74.4 Å². The quantitative estimate of drug-likeness (QED) is 0.699. The van der Waals surface area contributed by atoms with E-state index in [2.05, 4.69) is 16.4 Å². The van der Waals surface area contributed by atoms with E-state index in [9.17, 15) is 14.0 Å². The van der Waals surface area contributed by atoms with Crippen molar-refractivity contribution in [2.45, 2.75) is 25.5 Å². The molecule has 0 bridgehead atoms. The van der Waals surface area contributed by atoms with Crippen LogP contribution in [-0.2, 0) is 6.54 Å². The van der Waals surface area contributed by atoms with Crippen LogP contribution in [0.3, 0.4) is 0 Å². The number of aromatic nitrogens is 1. The molecule has 2 aliphatic heterocycles. The van der Waals surface area contributed by atoms with E-state index >= 15 is 0 Å². The van der Waals surface area contributed by atoms with Crippen LogP contribution in [0.1, 0.15) is 28.0 Å². The molecular formula is C22H20FN3O3. The molecule has 148 valence electrons. The summed E-state index contributed by atoms with van der Waals surface area (Å²) in [5, 5.41) is 4.02. The molecule has 0 unspecified atom stereocenters. The molecule has 1 aromatic heterocycles. The summed E-state index contributed by atoms with van der Waals surface area (Å²) >= 11 is 0. The molecule has 0 atom stereocenters. The number of aryl methyl sites for hydroxylation is 1. The van der Waals surface area contributed by atoms with Crippen molar-refractivity contribution in [3.05, 3.63) is 65.1 Å². The number of likely N-dealkylation sites (tertiary alicyclic amines) is 1. The number of H-pyrrole nitrogens is 1. The lowest BCUT2D eigenvalue weighted by Gasteiger charge is -2.50. The number of hydrogen-bond donors (Lipinski definition) is 2. The van der Waals surface area contributed by atoms with Crippen molar-refractivity contribution in [2.75, 3.05) is 13.1 Å². The number of fused-ring (bicyclic) bond motifs is 2. The first-order valence-corrected chi connectivity index (χ1v) is 9.54. The minimum absolute atomic E-state index is 0.0820. The maximum absolute atomic E-state index is 13.5. The number of hydrogen-bond acceptors (Lipinski definition) is 3. The normalized spacial score (nSPS) is 17.0. The van der Waals surface area contributed by atoms with Crippen LogP contribution >= 0.6 is 0 Å². The van der Waals surface area contributed by atoms with Gasteiger partial charge in [-0.05, 0) is 48.2 Å². The molecule has 0 saturated carbocycles. The van der Waals surface area contributed by atoms with Gasteiger partial charge in [0.2, 0.25) is 0 Å². The molecule has 0 radical (unpaired) electrons. The summed E-state index contributed by atoms with van der Waals surface area (Å²) in [4.78, 5) is 29.7. The predicted octanol–water partition coefficient (Wildman–Crippen LogP) is 3.54. The number of ketones is 1. The van der Waals surface area contributed by atoms with E-state index in [1.54, 1.807) is 4.90 Å². The Morgan fingerprint density at radius 2 is 2.07 bits per heavy atom. The molecule has 1 spiro atoms. The van der Waals surface area contributed by atoms with Crippen molar-refractivity contribution >= 4 is 22.7 Å². The van der Waals surface area contributed by atoms with Crippen LogP contribution in [0.15, 0.2) is 42.5 Å². The van der Waals surface area contributed by atoms with Gasteiger partial charge in [0.25, 0.3) is 0 Å². The monoisotopic (exact) mass is 393 g/mol. The summed E-state index contributed by atoms with van der Waals surface area (Å²) in [5.74, 6) is -0.269. The lowest BCUT2D eigenvalue weighted by molar-refractivity contribution is -0.0598. The van der Waals surface area contributed by atoms with Gasteiger partial charge >= 0.3 is 6.03 Å². The van der Waals surface area contributed by atoms with Crippen LogP contribution in [-0.4, -0.2) is 40.4 Å². The number of nitrogens with zero attached hydrogens (tertiary/aromatic N) is 1. The van der Waals surface area contributed by atoms with Crippen LogP contribution in [0, 0.1) is 12.7 Å². The van der Waals surface area contributed by atoms with Crippen molar-refractivity contribution in [2.24, 2.45) is 0 Å². The largest absolute Gasteiger partial charge is 0.482 e. The van der Waals surface area contributed by atoms with Gasteiger partial charge in [-0.25, -0.2) is 9.18 Å². The van der Waals surface area contributed by atoms with E-state index in [1.165, 1.54) is 18.2 Å². The SMILES string of the molecule is Cc1cc2cc(CNC(=O)N3CC4(CC(=O)c5ccc(F)cc5O4)C3)ccc2[nH]1. The van der Waals surface area contributed by atoms with Gasteiger partial charge in [-0.2, -0.15) is 0 Å². The lowest BCUT2D eigenvalue weighted by atomic mass is 9.84. The number of carbonyl (C=O) groups excluding carboxylic acids is 2. The molecule has 1 saturated heterocycles. The average Bonchev–Trinajstić information content (AvgIpc) is 3.02. The van der Waals surface area contributed by atoms with Crippen molar-refractivity contribution in [1.82, 2.24) is 15.2 Å². The summed E-state index contributed by atoms with van der Waals surface area (Å²) in [7, 11) is 0. The lowest BCUT2D eigenvalue weighted by Crippen LogP contribution is -2.69. The van der Waals surface area contributed by atoms with Gasteiger partial charge in [0.1, 0.15) is 11.6 Å². The number of ether oxygens (including phenoxy) is 1. The predicted molar refractivity (Wildman–Crippen MR) is 106 cm³/mol. The third-order valence-corrected chi connectivity index (χ3v) is 5.56. The van der Waals surface area contributed by atoms with Crippen LogP contribution in [0.2, 0.25) is 0 Å². The zero-order valence-electron chi connectivity index (χ0n) is 15.9. The van der Waals surface area contributed by atoms with E-state index in [1.807, 2.05) is 25.1 Å². The number of amides is 2. The van der Waals surface area contributed by atoms with E-state index < -0.39 is 11.4 Å². The number of nitrogens with one attached hydrogen (secondary N) is 2. The molecule has 3 aromatic rings. The minimum atomic E-state index is -0.753. The summed E-state index contributed by atoms with van der Waals surface area (Å²) in [6.07, 6.45) is 0.193. The summed E-state index contributed by atoms with van der Waals surface area (Å²) in [5.41, 5.74) is 2.81.